The van der Waals surface area contributed by atoms with Crippen molar-refractivity contribution in [3.8, 4) is 0 Å². The molecule has 4 heteroatoms. The van der Waals surface area contributed by atoms with Crippen molar-refractivity contribution in [2.24, 2.45) is 0 Å². The average molecular weight is 181 g/mol. The topological polar surface area (TPSA) is 52.3 Å². The lowest BCUT2D eigenvalue weighted by Crippen LogP contribution is -2.14. The van der Waals surface area contributed by atoms with Crippen LogP contribution in [-0.2, 0) is 4.74 Å². The van der Waals surface area contributed by atoms with E-state index in [2.05, 4.69) is 4.98 Å². The largest absolute Gasteiger partial charge is 0.448 e. The fraction of sp³-hybridized carbons (Fsp3) is 0.556. The second-order valence-corrected chi connectivity index (χ2v) is 3.12. The molecule has 1 aromatic rings. The van der Waals surface area contributed by atoms with E-state index in [-0.39, 0.29) is 0 Å². The number of ether oxygens (including phenoxy) is 1. The Balaban J connectivity index is 2.09. The first-order valence-corrected chi connectivity index (χ1v) is 4.38. The molecule has 2 rings (SSSR count). The molecular formula is C9H11NO3. The predicted octanol–water partition coefficient (Wildman–Crippen LogP) is 1.38. The lowest BCUT2D eigenvalue weighted by atomic mass is 10.0. The lowest BCUT2D eigenvalue weighted by molar-refractivity contribution is 0.0794. The van der Waals surface area contributed by atoms with E-state index in [9.17, 15) is 4.79 Å². The average Bonchev–Trinajstić information content (AvgIpc) is 2.67. The Labute approximate surface area is 75.9 Å². The summed E-state index contributed by atoms with van der Waals surface area (Å²) >= 11 is 0. The minimum atomic E-state index is 0.322. The summed E-state index contributed by atoms with van der Waals surface area (Å²) in [5, 5.41) is 0. The summed E-state index contributed by atoms with van der Waals surface area (Å²) in [5.74, 6) is 0.993. The first-order valence-electron chi connectivity index (χ1n) is 4.38. The van der Waals surface area contributed by atoms with Gasteiger partial charge in [0.1, 0.15) is 12.0 Å². The van der Waals surface area contributed by atoms with Crippen molar-refractivity contribution < 1.29 is 13.9 Å². The van der Waals surface area contributed by atoms with E-state index in [0.29, 0.717) is 23.8 Å². The van der Waals surface area contributed by atoms with E-state index < -0.39 is 0 Å². The summed E-state index contributed by atoms with van der Waals surface area (Å²) in [6.07, 6.45) is 3.96. The first kappa shape index (κ1) is 8.44. The van der Waals surface area contributed by atoms with Crippen LogP contribution in [0.4, 0.5) is 0 Å². The molecule has 0 spiro atoms. The van der Waals surface area contributed by atoms with Gasteiger partial charge in [-0.2, -0.15) is 0 Å². The molecule has 1 aliphatic heterocycles. The van der Waals surface area contributed by atoms with Crippen LogP contribution in [0.3, 0.4) is 0 Å². The molecular weight excluding hydrogens is 170 g/mol. The molecule has 0 N–H and O–H groups in total. The van der Waals surface area contributed by atoms with Crippen LogP contribution in [0.15, 0.2) is 10.7 Å². The Morgan fingerprint density at radius 3 is 2.85 bits per heavy atom. The summed E-state index contributed by atoms with van der Waals surface area (Å²) in [4.78, 5) is 14.4. The van der Waals surface area contributed by atoms with Crippen molar-refractivity contribution in [2.45, 2.75) is 18.8 Å². The normalized spacial score (nSPS) is 18.8. The maximum Gasteiger partial charge on any atom is 0.197 e. The minimum Gasteiger partial charge on any atom is -0.448 e. The Morgan fingerprint density at radius 1 is 1.46 bits per heavy atom. The number of rotatable bonds is 2. The van der Waals surface area contributed by atoms with Gasteiger partial charge in [0.05, 0.1) is 0 Å². The molecule has 0 unspecified atom stereocenters. The van der Waals surface area contributed by atoms with Crippen molar-refractivity contribution in [3.05, 3.63) is 17.8 Å². The highest BCUT2D eigenvalue weighted by atomic mass is 16.5. The molecule has 0 amide bonds. The van der Waals surface area contributed by atoms with Crippen molar-refractivity contribution in [1.29, 1.82) is 0 Å². The molecule has 0 radical (unpaired) electrons. The first-order chi connectivity index (χ1) is 6.40. The predicted molar refractivity (Wildman–Crippen MR) is 44.7 cm³/mol. The summed E-state index contributed by atoms with van der Waals surface area (Å²) < 4.78 is 10.4. The maximum absolute atomic E-state index is 10.4. The van der Waals surface area contributed by atoms with E-state index >= 15 is 0 Å². The minimum absolute atomic E-state index is 0.322. The number of carbonyl (C=O) groups is 1. The van der Waals surface area contributed by atoms with Crippen LogP contribution in [0.5, 0.6) is 0 Å². The molecule has 0 saturated carbocycles. The number of nitrogens with zero attached hydrogens (tertiary/aromatic N) is 1. The van der Waals surface area contributed by atoms with Crippen molar-refractivity contribution >= 4 is 6.29 Å². The van der Waals surface area contributed by atoms with E-state index in [1.165, 1.54) is 6.26 Å². The highest BCUT2D eigenvalue weighted by Crippen LogP contribution is 2.25. The van der Waals surface area contributed by atoms with Gasteiger partial charge in [-0.1, -0.05) is 0 Å². The van der Waals surface area contributed by atoms with E-state index in [0.717, 1.165) is 26.1 Å². The molecule has 0 aliphatic carbocycles. The van der Waals surface area contributed by atoms with E-state index in [1.54, 1.807) is 0 Å². The summed E-state index contributed by atoms with van der Waals surface area (Å²) in [6, 6.07) is 0. The van der Waals surface area contributed by atoms with Crippen molar-refractivity contribution in [2.75, 3.05) is 13.2 Å². The second kappa shape index (κ2) is 3.70. The fourth-order valence-electron chi connectivity index (χ4n) is 1.49. The van der Waals surface area contributed by atoms with Crippen LogP contribution in [0.2, 0.25) is 0 Å². The molecule has 0 aromatic carbocycles. The van der Waals surface area contributed by atoms with Crippen LogP contribution in [0.25, 0.3) is 0 Å². The van der Waals surface area contributed by atoms with Crippen LogP contribution in [0, 0.1) is 0 Å². The number of aldehydes is 1. The van der Waals surface area contributed by atoms with Gasteiger partial charge in [0, 0.05) is 19.1 Å². The Hall–Kier alpha value is -1.16. The van der Waals surface area contributed by atoms with Gasteiger partial charge in [0.2, 0.25) is 0 Å². The molecule has 1 fully saturated rings. The quantitative estimate of drug-likeness (QED) is 0.647. The zero-order valence-corrected chi connectivity index (χ0v) is 7.23. The number of hydrogen-bond donors (Lipinski definition) is 0. The van der Waals surface area contributed by atoms with Gasteiger partial charge in [0.25, 0.3) is 0 Å². The third-order valence-corrected chi connectivity index (χ3v) is 2.23. The smallest absolute Gasteiger partial charge is 0.197 e. The number of hydrogen-bond acceptors (Lipinski definition) is 4. The molecule has 13 heavy (non-hydrogen) atoms. The van der Waals surface area contributed by atoms with Gasteiger partial charge in [-0.05, 0) is 12.8 Å². The van der Waals surface area contributed by atoms with Crippen molar-refractivity contribution in [3.63, 3.8) is 0 Å². The van der Waals surface area contributed by atoms with Gasteiger partial charge in [-0.25, -0.2) is 4.98 Å². The second-order valence-electron chi connectivity index (χ2n) is 3.12. The zero-order valence-electron chi connectivity index (χ0n) is 7.23. The molecule has 0 atom stereocenters. The van der Waals surface area contributed by atoms with E-state index in [4.69, 9.17) is 9.15 Å². The number of carbonyl (C=O) groups excluding carboxylic acids is 1. The standard InChI is InChI=1S/C9H11NO3/c11-5-8-6-13-9(10-8)7-1-3-12-4-2-7/h5-7H,1-4H2. The fourth-order valence-corrected chi connectivity index (χ4v) is 1.49. The summed E-state index contributed by atoms with van der Waals surface area (Å²) in [7, 11) is 0. The lowest BCUT2D eigenvalue weighted by Gasteiger charge is -2.18. The highest BCUT2D eigenvalue weighted by molar-refractivity contribution is 5.70. The van der Waals surface area contributed by atoms with Crippen LogP contribution >= 0.6 is 0 Å². The van der Waals surface area contributed by atoms with Crippen LogP contribution in [-0.4, -0.2) is 24.5 Å². The number of aromatic nitrogens is 1. The zero-order chi connectivity index (χ0) is 9.10. The molecule has 1 aromatic heterocycles. The molecule has 4 nitrogen and oxygen atoms in total. The SMILES string of the molecule is O=Cc1coc(C2CCOCC2)n1. The number of oxazole rings is 1. The molecule has 70 valence electrons. The third-order valence-electron chi connectivity index (χ3n) is 2.23. The monoisotopic (exact) mass is 181 g/mol. The summed E-state index contributed by atoms with van der Waals surface area (Å²) in [6.45, 7) is 1.51. The van der Waals surface area contributed by atoms with Gasteiger partial charge in [-0.15, -0.1) is 0 Å². The van der Waals surface area contributed by atoms with Gasteiger partial charge in [-0.3, -0.25) is 4.79 Å². The van der Waals surface area contributed by atoms with Gasteiger partial charge < -0.3 is 9.15 Å². The third kappa shape index (κ3) is 1.78. The summed E-state index contributed by atoms with van der Waals surface area (Å²) in [5.41, 5.74) is 0.376. The maximum atomic E-state index is 10.4. The molecule has 0 bridgehead atoms. The molecule has 2 heterocycles. The van der Waals surface area contributed by atoms with Crippen molar-refractivity contribution in [1.82, 2.24) is 4.98 Å². The Kier molecular flexibility index (Phi) is 2.40. The molecule has 1 saturated heterocycles. The molecule has 1 aliphatic rings. The van der Waals surface area contributed by atoms with Crippen LogP contribution < -0.4 is 0 Å². The van der Waals surface area contributed by atoms with Crippen LogP contribution in [0.1, 0.15) is 35.1 Å². The van der Waals surface area contributed by atoms with E-state index in [1.807, 2.05) is 0 Å². The Bertz CT molecular complexity index is 289. The highest BCUT2D eigenvalue weighted by Gasteiger charge is 2.20. The van der Waals surface area contributed by atoms with Gasteiger partial charge in [0.15, 0.2) is 12.2 Å². The van der Waals surface area contributed by atoms with Gasteiger partial charge >= 0.3 is 0 Å². The Morgan fingerprint density at radius 2 is 2.23 bits per heavy atom.